The van der Waals surface area contributed by atoms with Crippen LogP contribution < -0.4 is 5.32 Å². The molecular formula is C13H24ClNO. The van der Waals surface area contributed by atoms with Gasteiger partial charge in [0, 0.05) is 17.8 Å². The summed E-state index contributed by atoms with van der Waals surface area (Å²) in [4.78, 5) is 12.1. The van der Waals surface area contributed by atoms with Crippen molar-refractivity contribution in [1.82, 2.24) is 5.32 Å². The van der Waals surface area contributed by atoms with Crippen molar-refractivity contribution >= 4 is 17.5 Å². The molecule has 94 valence electrons. The summed E-state index contributed by atoms with van der Waals surface area (Å²) in [5.41, 5.74) is -0.0352. The molecule has 1 aliphatic carbocycles. The largest absolute Gasteiger partial charge is 0.356 e. The third-order valence-electron chi connectivity index (χ3n) is 3.82. The van der Waals surface area contributed by atoms with Crippen LogP contribution in [0.4, 0.5) is 0 Å². The number of halogens is 1. The molecule has 0 saturated heterocycles. The maximum atomic E-state index is 12.1. The number of rotatable bonds is 7. The third kappa shape index (κ3) is 3.65. The van der Waals surface area contributed by atoms with Crippen LogP contribution in [0, 0.1) is 5.41 Å². The Morgan fingerprint density at radius 1 is 1.25 bits per heavy atom. The van der Waals surface area contributed by atoms with E-state index < -0.39 is 0 Å². The van der Waals surface area contributed by atoms with Gasteiger partial charge >= 0.3 is 0 Å². The van der Waals surface area contributed by atoms with Gasteiger partial charge in [-0.3, -0.25) is 4.79 Å². The van der Waals surface area contributed by atoms with Crippen molar-refractivity contribution in [3.05, 3.63) is 0 Å². The Labute approximate surface area is 104 Å². The first-order valence-electron chi connectivity index (χ1n) is 6.59. The zero-order chi connectivity index (χ0) is 11.9. The van der Waals surface area contributed by atoms with Gasteiger partial charge in [0.25, 0.3) is 0 Å². The van der Waals surface area contributed by atoms with Gasteiger partial charge in [-0.1, -0.05) is 26.2 Å². The predicted molar refractivity (Wildman–Crippen MR) is 68.8 cm³/mol. The molecule has 16 heavy (non-hydrogen) atoms. The summed E-state index contributed by atoms with van der Waals surface area (Å²) in [5, 5.41) is 3.09. The first kappa shape index (κ1) is 13.8. The molecule has 3 heteroatoms. The van der Waals surface area contributed by atoms with Crippen molar-refractivity contribution in [2.45, 2.75) is 58.3 Å². The van der Waals surface area contributed by atoms with Gasteiger partial charge in [0.1, 0.15) is 0 Å². The number of carbonyl (C=O) groups is 1. The lowest BCUT2D eigenvalue weighted by Crippen LogP contribution is -2.39. The van der Waals surface area contributed by atoms with E-state index in [9.17, 15) is 4.79 Å². The van der Waals surface area contributed by atoms with E-state index in [-0.39, 0.29) is 5.41 Å². The van der Waals surface area contributed by atoms with Gasteiger partial charge in [0.2, 0.25) is 5.91 Å². The van der Waals surface area contributed by atoms with Crippen LogP contribution in [0.5, 0.6) is 0 Å². The summed E-state index contributed by atoms with van der Waals surface area (Å²) in [7, 11) is 0. The Kier molecular flexibility index (Phi) is 6.18. The van der Waals surface area contributed by atoms with Crippen molar-refractivity contribution < 1.29 is 4.79 Å². The topological polar surface area (TPSA) is 29.1 Å². The smallest absolute Gasteiger partial charge is 0.226 e. The minimum atomic E-state index is -0.0352. The monoisotopic (exact) mass is 245 g/mol. The molecule has 0 heterocycles. The van der Waals surface area contributed by atoms with Gasteiger partial charge in [0.15, 0.2) is 0 Å². The lowest BCUT2D eigenvalue weighted by molar-refractivity contribution is -0.131. The lowest BCUT2D eigenvalue weighted by atomic mass is 9.82. The van der Waals surface area contributed by atoms with Crippen LogP contribution >= 0.6 is 11.6 Å². The fraction of sp³-hybridized carbons (Fsp3) is 0.923. The molecule has 0 unspecified atom stereocenters. The van der Waals surface area contributed by atoms with E-state index in [0.29, 0.717) is 5.91 Å². The Morgan fingerprint density at radius 3 is 2.50 bits per heavy atom. The molecule has 1 amide bonds. The second kappa shape index (κ2) is 7.16. The molecule has 0 bridgehead atoms. The molecule has 0 aromatic rings. The molecule has 0 atom stereocenters. The molecule has 1 N–H and O–H groups in total. The highest BCUT2D eigenvalue weighted by molar-refractivity contribution is 6.17. The van der Waals surface area contributed by atoms with Gasteiger partial charge in [-0.05, 0) is 32.1 Å². The molecule has 1 rings (SSSR count). The number of alkyl halides is 1. The molecule has 0 aromatic heterocycles. The zero-order valence-corrected chi connectivity index (χ0v) is 11.1. The zero-order valence-electron chi connectivity index (χ0n) is 10.4. The average Bonchev–Trinajstić information content (AvgIpc) is 2.78. The van der Waals surface area contributed by atoms with Gasteiger partial charge in [0.05, 0.1) is 0 Å². The van der Waals surface area contributed by atoms with Gasteiger partial charge in [-0.25, -0.2) is 0 Å². The quantitative estimate of drug-likeness (QED) is 0.540. The molecule has 0 aromatic carbocycles. The van der Waals surface area contributed by atoms with Crippen molar-refractivity contribution in [1.29, 1.82) is 0 Å². The highest BCUT2D eigenvalue weighted by atomic mass is 35.5. The SMILES string of the molecule is CCC1(C(=O)NCCCCCCl)CCCC1. The Balaban J connectivity index is 2.22. The van der Waals surface area contributed by atoms with Crippen molar-refractivity contribution in [2.75, 3.05) is 12.4 Å². The summed E-state index contributed by atoms with van der Waals surface area (Å²) in [6, 6.07) is 0. The van der Waals surface area contributed by atoms with E-state index in [0.717, 1.165) is 50.9 Å². The lowest BCUT2D eigenvalue weighted by Gasteiger charge is -2.25. The van der Waals surface area contributed by atoms with E-state index in [1.54, 1.807) is 0 Å². The highest BCUT2D eigenvalue weighted by Crippen LogP contribution is 2.40. The molecule has 0 radical (unpaired) electrons. The molecule has 1 fully saturated rings. The van der Waals surface area contributed by atoms with E-state index in [4.69, 9.17) is 11.6 Å². The van der Waals surface area contributed by atoms with Crippen LogP contribution in [0.3, 0.4) is 0 Å². The van der Waals surface area contributed by atoms with Gasteiger partial charge in [-0.2, -0.15) is 0 Å². The Hall–Kier alpha value is -0.240. The van der Waals surface area contributed by atoms with Crippen LogP contribution in [-0.2, 0) is 4.79 Å². The maximum Gasteiger partial charge on any atom is 0.226 e. The average molecular weight is 246 g/mol. The molecule has 1 saturated carbocycles. The fourth-order valence-electron chi connectivity index (χ4n) is 2.58. The second-order valence-corrected chi connectivity index (χ2v) is 5.22. The standard InChI is InChI=1S/C13H24ClNO/c1-2-13(8-4-5-9-13)12(16)15-11-7-3-6-10-14/h2-11H2,1H3,(H,15,16). The maximum absolute atomic E-state index is 12.1. The molecular weight excluding hydrogens is 222 g/mol. The van der Waals surface area contributed by atoms with E-state index in [2.05, 4.69) is 12.2 Å². The number of carbonyl (C=O) groups excluding carboxylic acids is 1. The number of amides is 1. The normalized spacial score (nSPS) is 18.6. The summed E-state index contributed by atoms with van der Waals surface area (Å²) < 4.78 is 0. The van der Waals surface area contributed by atoms with Gasteiger partial charge < -0.3 is 5.32 Å². The fourth-order valence-corrected chi connectivity index (χ4v) is 2.77. The molecule has 1 aliphatic rings. The summed E-state index contributed by atoms with van der Waals surface area (Å²) in [5.74, 6) is 1.02. The predicted octanol–water partition coefficient (Wildman–Crippen LogP) is 3.48. The minimum Gasteiger partial charge on any atom is -0.356 e. The number of unbranched alkanes of at least 4 members (excludes halogenated alkanes) is 2. The number of hydrogen-bond acceptors (Lipinski definition) is 1. The van der Waals surface area contributed by atoms with Crippen molar-refractivity contribution in [3.8, 4) is 0 Å². The second-order valence-electron chi connectivity index (χ2n) is 4.85. The van der Waals surface area contributed by atoms with Crippen LogP contribution in [0.1, 0.15) is 58.3 Å². The summed E-state index contributed by atoms with van der Waals surface area (Å²) in [6.45, 7) is 2.95. The summed E-state index contributed by atoms with van der Waals surface area (Å²) >= 11 is 5.60. The van der Waals surface area contributed by atoms with E-state index in [1.165, 1.54) is 12.8 Å². The van der Waals surface area contributed by atoms with Crippen molar-refractivity contribution in [2.24, 2.45) is 5.41 Å². The molecule has 2 nitrogen and oxygen atoms in total. The Morgan fingerprint density at radius 2 is 1.94 bits per heavy atom. The van der Waals surface area contributed by atoms with E-state index in [1.807, 2.05) is 0 Å². The van der Waals surface area contributed by atoms with Gasteiger partial charge in [-0.15, -0.1) is 11.6 Å². The molecule has 0 aliphatic heterocycles. The third-order valence-corrected chi connectivity index (χ3v) is 4.08. The molecule has 0 spiro atoms. The first-order chi connectivity index (χ1) is 7.75. The van der Waals surface area contributed by atoms with Crippen LogP contribution in [0.2, 0.25) is 0 Å². The van der Waals surface area contributed by atoms with Crippen molar-refractivity contribution in [3.63, 3.8) is 0 Å². The number of hydrogen-bond donors (Lipinski definition) is 1. The highest BCUT2D eigenvalue weighted by Gasteiger charge is 2.38. The van der Waals surface area contributed by atoms with E-state index >= 15 is 0 Å². The van der Waals surface area contributed by atoms with Crippen LogP contribution in [0.15, 0.2) is 0 Å². The number of nitrogens with one attached hydrogen (secondary N) is 1. The Bertz CT molecular complexity index is 212. The summed E-state index contributed by atoms with van der Waals surface area (Å²) in [6.07, 6.45) is 8.80. The van der Waals surface area contributed by atoms with Crippen LogP contribution in [-0.4, -0.2) is 18.3 Å². The van der Waals surface area contributed by atoms with Crippen LogP contribution in [0.25, 0.3) is 0 Å². The minimum absolute atomic E-state index is 0.0352. The first-order valence-corrected chi connectivity index (χ1v) is 7.13.